The Morgan fingerprint density at radius 1 is 1.24 bits per heavy atom. The molecule has 6 nitrogen and oxygen atoms in total. The van der Waals surface area contributed by atoms with Gasteiger partial charge in [-0.05, 0) is 25.8 Å². The van der Waals surface area contributed by atoms with Gasteiger partial charge in [0.2, 0.25) is 0 Å². The number of nitrogens with one attached hydrogen (secondary N) is 2. The molecule has 1 aromatic heterocycles. The molecule has 0 aliphatic heterocycles. The van der Waals surface area contributed by atoms with Crippen molar-refractivity contribution in [1.29, 1.82) is 0 Å². The maximum Gasteiger partial charge on any atom is 0.191 e. The van der Waals surface area contributed by atoms with Crippen molar-refractivity contribution in [3.05, 3.63) is 47.5 Å². The number of hydrogen-bond donors (Lipinski definition) is 2. The van der Waals surface area contributed by atoms with Gasteiger partial charge in [-0.15, -0.1) is 34.2 Å². The van der Waals surface area contributed by atoms with Crippen molar-refractivity contribution < 1.29 is 0 Å². The van der Waals surface area contributed by atoms with Crippen molar-refractivity contribution in [2.24, 2.45) is 4.99 Å². The van der Waals surface area contributed by atoms with E-state index in [2.05, 4.69) is 75.4 Å². The second-order valence-electron chi connectivity index (χ2n) is 5.72. The van der Waals surface area contributed by atoms with Crippen LogP contribution in [0.15, 0.2) is 35.6 Å². The lowest BCUT2D eigenvalue weighted by Crippen LogP contribution is -2.39. The van der Waals surface area contributed by atoms with Crippen LogP contribution in [-0.4, -0.2) is 40.4 Å². The number of guanidine groups is 1. The summed E-state index contributed by atoms with van der Waals surface area (Å²) in [4.78, 5) is 4.65. The Balaban J connectivity index is 0.00000312. The number of hydrogen-bond acceptors (Lipinski definition) is 3. The molecule has 1 heterocycles. The lowest BCUT2D eigenvalue weighted by molar-refractivity contribution is 0.632. The van der Waals surface area contributed by atoms with Gasteiger partial charge in [0.25, 0.3) is 0 Å². The van der Waals surface area contributed by atoms with Crippen LogP contribution in [0.5, 0.6) is 0 Å². The Hall–Kier alpha value is -1.64. The third kappa shape index (κ3) is 7.41. The minimum Gasteiger partial charge on any atom is -0.357 e. The zero-order valence-corrected chi connectivity index (χ0v) is 17.7. The maximum atomic E-state index is 4.65. The van der Waals surface area contributed by atoms with Gasteiger partial charge in [0.05, 0.1) is 0 Å². The van der Waals surface area contributed by atoms with Gasteiger partial charge in [0.15, 0.2) is 5.96 Å². The SMILES string of the molecule is CCNC(=NCCc1cccc(C)c1)NCCn1cnnc1CC.I. The number of nitrogens with zero attached hydrogens (tertiary/aromatic N) is 4. The zero-order chi connectivity index (χ0) is 17.2. The average molecular weight is 456 g/mol. The summed E-state index contributed by atoms with van der Waals surface area (Å²) in [5.74, 6) is 1.87. The standard InChI is InChI=1S/C18H28N6.HI/c1-4-17-23-22-14-24(17)12-11-21-18(19-5-2)20-10-9-16-8-6-7-15(3)13-16;/h6-8,13-14H,4-5,9-12H2,1-3H3,(H2,19,20,21);1H. The molecule has 0 saturated heterocycles. The maximum absolute atomic E-state index is 4.65. The Labute approximate surface area is 167 Å². The molecule has 0 spiro atoms. The number of halogens is 1. The number of aryl methyl sites for hydroxylation is 2. The number of benzene rings is 1. The molecule has 2 aromatic rings. The van der Waals surface area contributed by atoms with E-state index in [4.69, 9.17) is 0 Å². The van der Waals surface area contributed by atoms with Crippen molar-refractivity contribution in [3.63, 3.8) is 0 Å². The van der Waals surface area contributed by atoms with E-state index >= 15 is 0 Å². The highest BCUT2D eigenvalue weighted by molar-refractivity contribution is 14.0. The summed E-state index contributed by atoms with van der Waals surface area (Å²) in [5.41, 5.74) is 2.62. The van der Waals surface area contributed by atoms with Crippen LogP contribution in [0.4, 0.5) is 0 Å². The first-order valence-corrected chi connectivity index (χ1v) is 8.67. The predicted octanol–water partition coefficient (Wildman–Crippen LogP) is 2.56. The van der Waals surface area contributed by atoms with Crippen molar-refractivity contribution in [2.45, 2.75) is 40.2 Å². The molecule has 0 saturated carbocycles. The summed E-state index contributed by atoms with van der Waals surface area (Å²) >= 11 is 0. The predicted molar refractivity (Wildman–Crippen MR) is 114 cm³/mol. The van der Waals surface area contributed by atoms with Crippen LogP contribution in [0, 0.1) is 6.92 Å². The van der Waals surface area contributed by atoms with Gasteiger partial charge >= 0.3 is 0 Å². The highest BCUT2D eigenvalue weighted by atomic mass is 127. The molecular formula is C18H29IN6. The lowest BCUT2D eigenvalue weighted by atomic mass is 10.1. The molecule has 0 atom stereocenters. The molecule has 0 unspecified atom stereocenters. The van der Waals surface area contributed by atoms with Crippen LogP contribution in [0.1, 0.15) is 30.8 Å². The van der Waals surface area contributed by atoms with Crippen LogP contribution in [0.25, 0.3) is 0 Å². The van der Waals surface area contributed by atoms with Gasteiger partial charge < -0.3 is 15.2 Å². The highest BCUT2D eigenvalue weighted by Crippen LogP contribution is 2.04. The number of aromatic nitrogens is 3. The molecule has 138 valence electrons. The van der Waals surface area contributed by atoms with E-state index in [9.17, 15) is 0 Å². The summed E-state index contributed by atoms with van der Waals surface area (Å²) in [7, 11) is 0. The van der Waals surface area contributed by atoms with E-state index in [-0.39, 0.29) is 24.0 Å². The van der Waals surface area contributed by atoms with Gasteiger partial charge in [0.1, 0.15) is 12.2 Å². The third-order valence-corrected chi connectivity index (χ3v) is 3.75. The Morgan fingerprint density at radius 2 is 2.08 bits per heavy atom. The van der Waals surface area contributed by atoms with Crippen molar-refractivity contribution in [2.75, 3.05) is 19.6 Å². The van der Waals surface area contributed by atoms with Gasteiger partial charge in [-0.1, -0.05) is 36.8 Å². The monoisotopic (exact) mass is 456 g/mol. The van der Waals surface area contributed by atoms with Gasteiger partial charge in [-0.2, -0.15) is 0 Å². The summed E-state index contributed by atoms with van der Waals surface area (Å²) in [5, 5.41) is 14.7. The van der Waals surface area contributed by atoms with Crippen LogP contribution >= 0.6 is 24.0 Å². The van der Waals surface area contributed by atoms with Gasteiger partial charge in [-0.25, -0.2) is 0 Å². The fraction of sp³-hybridized carbons (Fsp3) is 0.500. The molecule has 2 N–H and O–H groups in total. The molecule has 25 heavy (non-hydrogen) atoms. The zero-order valence-electron chi connectivity index (χ0n) is 15.3. The molecule has 0 aliphatic carbocycles. The molecule has 1 aromatic carbocycles. The number of aliphatic imine (C=N–C) groups is 1. The smallest absolute Gasteiger partial charge is 0.191 e. The minimum absolute atomic E-state index is 0. The Kier molecular flexibility index (Phi) is 10.1. The first-order chi connectivity index (χ1) is 11.7. The van der Waals surface area contributed by atoms with Crippen LogP contribution in [-0.2, 0) is 19.4 Å². The lowest BCUT2D eigenvalue weighted by Gasteiger charge is -2.12. The first kappa shape index (κ1) is 21.4. The van der Waals surface area contributed by atoms with Crippen molar-refractivity contribution in [1.82, 2.24) is 25.4 Å². The molecule has 0 fully saturated rings. The highest BCUT2D eigenvalue weighted by Gasteiger charge is 2.02. The molecule has 0 bridgehead atoms. The van der Waals surface area contributed by atoms with Crippen molar-refractivity contribution >= 4 is 29.9 Å². The summed E-state index contributed by atoms with van der Waals surface area (Å²) < 4.78 is 2.07. The van der Waals surface area contributed by atoms with Crippen LogP contribution < -0.4 is 10.6 Å². The first-order valence-electron chi connectivity index (χ1n) is 8.67. The second-order valence-corrected chi connectivity index (χ2v) is 5.72. The number of rotatable bonds is 8. The van der Waals surface area contributed by atoms with E-state index < -0.39 is 0 Å². The Bertz CT molecular complexity index is 653. The van der Waals surface area contributed by atoms with Gasteiger partial charge in [-0.3, -0.25) is 4.99 Å². The van der Waals surface area contributed by atoms with E-state index in [0.717, 1.165) is 50.8 Å². The van der Waals surface area contributed by atoms with Crippen molar-refractivity contribution in [3.8, 4) is 0 Å². The summed E-state index contributed by atoms with van der Waals surface area (Å²) in [6, 6.07) is 8.59. The molecular weight excluding hydrogens is 427 g/mol. The largest absolute Gasteiger partial charge is 0.357 e. The minimum atomic E-state index is 0. The second kappa shape index (κ2) is 11.8. The van der Waals surface area contributed by atoms with Crippen LogP contribution in [0.2, 0.25) is 0 Å². The van der Waals surface area contributed by atoms with E-state index in [1.807, 2.05) is 0 Å². The topological polar surface area (TPSA) is 67.1 Å². The normalized spacial score (nSPS) is 11.1. The van der Waals surface area contributed by atoms with E-state index in [1.165, 1.54) is 11.1 Å². The van der Waals surface area contributed by atoms with Gasteiger partial charge in [0, 0.05) is 32.6 Å². The third-order valence-electron chi connectivity index (χ3n) is 3.75. The summed E-state index contributed by atoms with van der Waals surface area (Å²) in [6.07, 6.45) is 3.62. The molecule has 7 heteroatoms. The molecule has 0 radical (unpaired) electrons. The van der Waals surface area contributed by atoms with E-state index in [0.29, 0.717) is 0 Å². The molecule has 0 aliphatic rings. The Morgan fingerprint density at radius 3 is 2.80 bits per heavy atom. The fourth-order valence-electron chi connectivity index (χ4n) is 2.54. The fourth-order valence-corrected chi connectivity index (χ4v) is 2.54. The van der Waals surface area contributed by atoms with E-state index in [1.54, 1.807) is 6.33 Å². The van der Waals surface area contributed by atoms with Crippen LogP contribution in [0.3, 0.4) is 0 Å². The summed E-state index contributed by atoms with van der Waals surface area (Å²) in [6.45, 7) is 9.53. The average Bonchev–Trinajstić information content (AvgIpc) is 3.02. The quantitative estimate of drug-likeness (QED) is 0.364. The molecule has 0 amide bonds. The molecule has 2 rings (SSSR count).